The number of hydrogen-bond acceptors (Lipinski definition) is 2. The van der Waals surface area contributed by atoms with Gasteiger partial charge in [0.15, 0.2) is 6.29 Å². The lowest BCUT2D eigenvalue weighted by Crippen LogP contribution is -2.43. The zero-order valence-corrected chi connectivity index (χ0v) is 20.1. The molecule has 0 spiro atoms. The second-order valence-corrected chi connectivity index (χ2v) is 13.2. The fourth-order valence-corrected chi connectivity index (χ4v) is 3.30. The van der Waals surface area contributed by atoms with Gasteiger partial charge in [-0.2, -0.15) is 0 Å². The van der Waals surface area contributed by atoms with Crippen LogP contribution in [0.15, 0.2) is 29.8 Å². The van der Waals surface area contributed by atoms with Gasteiger partial charge in [-0.15, -0.1) is 0 Å². The first kappa shape index (κ1) is 23.5. The van der Waals surface area contributed by atoms with Crippen LogP contribution in [0.5, 0.6) is 5.75 Å². The molecular formula is C23H29IO2Si. The summed E-state index contributed by atoms with van der Waals surface area (Å²) in [6.07, 6.45) is 6.37. The largest absolute Gasteiger partial charge is 0.544 e. The molecule has 0 amide bonds. The molecule has 0 unspecified atom stereocenters. The molecule has 0 N–H and O–H groups in total. The minimum atomic E-state index is -1.84. The third-order valence-corrected chi connectivity index (χ3v) is 9.40. The number of unbranched alkanes of at least 4 members (excludes halogenated alkanes) is 3. The van der Waals surface area contributed by atoms with E-state index in [0.29, 0.717) is 5.57 Å². The van der Waals surface area contributed by atoms with Crippen LogP contribution < -0.4 is 4.43 Å². The average molecular weight is 492 g/mol. The number of benzene rings is 1. The van der Waals surface area contributed by atoms with E-state index in [2.05, 4.69) is 55.6 Å². The molecule has 0 saturated heterocycles. The van der Waals surface area contributed by atoms with Gasteiger partial charge < -0.3 is 4.43 Å². The van der Waals surface area contributed by atoms with Gasteiger partial charge in [-0.1, -0.05) is 50.7 Å². The number of hydrogen-bond donors (Lipinski definition) is 0. The van der Waals surface area contributed by atoms with Crippen molar-refractivity contribution in [2.24, 2.45) is 0 Å². The van der Waals surface area contributed by atoms with Crippen LogP contribution in [0.2, 0.25) is 18.1 Å². The molecule has 0 aromatic heterocycles. The van der Waals surface area contributed by atoms with Gasteiger partial charge in [0.2, 0.25) is 8.32 Å². The van der Waals surface area contributed by atoms with Gasteiger partial charge in [-0.05, 0) is 58.7 Å². The fraction of sp³-hybridized carbons (Fsp3) is 0.435. The fourth-order valence-electron chi connectivity index (χ4n) is 2.00. The molecular weight excluding hydrogens is 463 g/mol. The van der Waals surface area contributed by atoms with E-state index in [1.165, 1.54) is 0 Å². The Balaban J connectivity index is 2.70. The molecule has 0 aliphatic carbocycles. The Bertz CT molecular complexity index is 763. The van der Waals surface area contributed by atoms with Crippen molar-refractivity contribution < 1.29 is 9.22 Å². The van der Waals surface area contributed by atoms with E-state index >= 15 is 0 Å². The second-order valence-electron chi connectivity index (χ2n) is 7.93. The van der Waals surface area contributed by atoms with E-state index in [-0.39, 0.29) is 5.04 Å². The van der Waals surface area contributed by atoms with Crippen LogP contribution in [0.25, 0.3) is 6.08 Å². The highest BCUT2D eigenvalue weighted by Crippen LogP contribution is 2.37. The highest BCUT2D eigenvalue weighted by Gasteiger charge is 2.38. The number of allylic oxidation sites excluding steroid dienone is 1. The molecule has 4 heteroatoms. The van der Waals surface area contributed by atoms with Gasteiger partial charge in [-0.25, -0.2) is 0 Å². The standard InChI is InChI=1S/C23H29IO2Si/c1-23(2,3)27(4,5)26-22-15-13-20(14-16-22)18-21(19-25)12-10-8-6-7-9-11-17-24/h13-16,18-19H,6-9H2,1-5H3/b21-18-. The van der Waals surface area contributed by atoms with Crippen molar-refractivity contribution in [2.45, 2.75) is 64.6 Å². The van der Waals surface area contributed by atoms with Crippen LogP contribution in [-0.2, 0) is 4.79 Å². The summed E-state index contributed by atoms with van der Waals surface area (Å²) in [6, 6.07) is 7.87. The third-order valence-electron chi connectivity index (χ3n) is 4.66. The van der Waals surface area contributed by atoms with Crippen molar-refractivity contribution in [3.05, 3.63) is 35.4 Å². The van der Waals surface area contributed by atoms with Crippen LogP contribution in [0.4, 0.5) is 0 Å². The molecule has 1 rings (SSSR count). The molecule has 2 nitrogen and oxygen atoms in total. The smallest absolute Gasteiger partial charge is 0.250 e. The molecule has 1 aromatic rings. The third kappa shape index (κ3) is 8.82. The number of aldehydes is 1. The van der Waals surface area contributed by atoms with Crippen LogP contribution in [-0.4, -0.2) is 14.6 Å². The van der Waals surface area contributed by atoms with Gasteiger partial charge in [0.25, 0.3) is 0 Å². The summed E-state index contributed by atoms with van der Waals surface area (Å²) in [7, 11) is -1.84. The lowest BCUT2D eigenvalue weighted by atomic mass is 10.1. The zero-order chi connectivity index (χ0) is 20.3. The summed E-state index contributed by atoms with van der Waals surface area (Å²) in [4.78, 5) is 11.3. The Morgan fingerprint density at radius 1 is 1.11 bits per heavy atom. The van der Waals surface area contributed by atoms with Crippen molar-refractivity contribution in [1.29, 1.82) is 0 Å². The van der Waals surface area contributed by atoms with Crippen LogP contribution in [0.3, 0.4) is 0 Å². The lowest BCUT2D eigenvalue weighted by molar-refractivity contribution is -0.104. The second kappa shape index (κ2) is 11.4. The summed E-state index contributed by atoms with van der Waals surface area (Å²) < 4.78 is 9.14. The van der Waals surface area contributed by atoms with Crippen molar-refractivity contribution in [1.82, 2.24) is 0 Å². The van der Waals surface area contributed by atoms with Gasteiger partial charge in [0.05, 0.1) is 5.57 Å². The zero-order valence-electron chi connectivity index (χ0n) is 17.0. The summed E-state index contributed by atoms with van der Waals surface area (Å²) >= 11 is 2.05. The Kier molecular flexibility index (Phi) is 9.91. The molecule has 0 saturated carbocycles. The quantitative estimate of drug-likeness (QED) is 0.107. The number of carbonyl (C=O) groups is 1. The number of halogens is 1. The minimum Gasteiger partial charge on any atom is -0.544 e. The maximum Gasteiger partial charge on any atom is 0.250 e. The average Bonchev–Trinajstić information content (AvgIpc) is 2.60. The summed E-state index contributed by atoms with van der Waals surface area (Å²) in [5.74, 6) is 9.95. The highest BCUT2D eigenvalue weighted by molar-refractivity contribution is 14.1. The molecule has 1 aromatic carbocycles. The van der Waals surface area contributed by atoms with E-state index in [4.69, 9.17) is 4.43 Å². The monoisotopic (exact) mass is 492 g/mol. The number of rotatable bonds is 7. The predicted molar refractivity (Wildman–Crippen MR) is 126 cm³/mol. The van der Waals surface area contributed by atoms with E-state index in [9.17, 15) is 4.79 Å². The van der Waals surface area contributed by atoms with Gasteiger partial charge in [-0.3, -0.25) is 4.79 Å². The van der Waals surface area contributed by atoms with Crippen LogP contribution >= 0.6 is 22.6 Å². The molecule has 0 heterocycles. The predicted octanol–water partition coefficient (Wildman–Crippen LogP) is 6.61. The van der Waals surface area contributed by atoms with E-state index < -0.39 is 8.32 Å². The first-order chi connectivity index (χ1) is 12.7. The molecule has 0 aliphatic heterocycles. The Labute approximate surface area is 179 Å². The van der Waals surface area contributed by atoms with Crippen LogP contribution in [0, 0.1) is 21.7 Å². The molecule has 0 radical (unpaired) electrons. The Morgan fingerprint density at radius 3 is 2.22 bits per heavy atom. The van der Waals surface area contributed by atoms with Crippen LogP contribution in [0.1, 0.15) is 52.0 Å². The first-order valence-electron chi connectivity index (χ1n) is 9.23. The van der Waals surface area contributed by atoms with Crippen molar-refractivity contribution in [2.75, 3.05) is 0 Å². The highest BCUT2D eigenvalue weighted by atomic mass is 127. The normalized spacial score (nSPS) is 11.7. The number of carbonyl (C=O) groups excluding carboxylic acids is 1. The summed E-state index contributed by atoms with van der Waals surface area (Å²) in [6.45, 7) is 11.1. The van der Waals surface area contributed by atoms with Gasteiger partial charge in [0.1, 0.15) is 5.75 Å². The first-order valence-corrected chi connectivity index (χ1v) is 13.2. The molecule has 0 bridgehead atoms. The van der Waals surface area contributed by atoms with E-state index in [0.717, 1.165) is 43.3 Å². The Morgan fingerprint density at radius 2 is 1.70 bits per heavy atom. The summed E-state index contributed by atoms with van der Waals surface area (Å²) in [5, 5.41) is 0.161. The molecule has 0 fully saturated rings. The molecule has 27 heavy (non-hydrogen) atoms. The maximum absolute atomic E-state index is 11.3. The van der Waals surface area contributed by atoms with Gasteiger partial charge >= 0.3 is 0 Å². The SMILES string of the molecule is CC(C)(C)[Si](C)(C)Oc1ccc(/C=C(/C#CCCCCC#CI)C=O)cc1. The van der Waals surface area contributed by atoms with E-state index in [1.54, 1.807) is 0 Å². The lowest BCUT2D eigenvalue weighted by Gasteiger charge is -2.36. The van der Waals surface area contributed by atoms with Gasteiger partial charge in [0, 0.05) is 35.4 Å². The topological polar surface area (TPSA) is 26.3 Å². The van der Waals surface area contributed by atoms with E-state index in [1.807, 2.05) is 52.9 Å². The molecule has 0 aliphatic rings. The molecule has 144 valence electrons. The summed E-state index contributed by atoms with van der Waals surface area (Å²) in [5.41, 5.74) is 1.45. The minimum absolute atomic E-state index is 0.161. The van der Waals surface area contributed by atoms with Crippen molar-refractivity contribution in [3.8, 4) is 27.4 Å². The molecule has 0 atom stereocenters. The maximum atomic E-state index is 11.3. The van der Waals surface area contributed by atoms with Crippen molar-refractivity contribution in [3.63, 3.8) is 0 Å². The van der Waals surface area contributed by atoms with Crippen molar-refractivity contribution >= 4 is 43.3 Å². The Hall–Kier alpha value is -1.50.